The summed E-state index contributed by atoms with van der Waals surface area (Å²) in [4.78, 5) is 9.79. The van der Waals surface area contributed by atoms with Crippen LogP contribution in [0.25, 0.3) is 94.8 Å². The van der Waals surface area contributed by atoms with Gasteiger partial charge >= 0.3 is 24.7 Å². The van der Waals surface area contributed by atoms with Crippen molar-refractivity contribution in [3.63, 3.8) is 0 Å². The number of alkyl halides is 12. The van der Waals surface area contributed by atoms with E-state index in [1.165, 1.54) is 42.5 Å². The van der Waals surface area contributed by atoms with Gasteiger partial charge in [0.2, 0.25) is 0 Å². The lowest BCUT2D eigenvalue weighted by atomic mass is 9.90. The summed E-state index contributed by atoms with van der Waals surface area (Å²) in [6.45, 7) is 0. The van der Waals surface area contributed by atoms with Crippen molar-refractivity contribution >= 4 is 21.8 Å². The first-order chi connectivity index (χ1) is 33.7. The van der Waals surface area contributed by atoms with E-state index in [-0.39, 0.29) is 67.6 Å². The van der Waals surface area contributed by atoms with Crippen LogP contribution in [0.2, 0.25) is 0 Å². The predicted octanol–water partition coefficient (Wildman–Crippen LogP) is 17.7. The Kier molecular flexibility index (Phi) is 11.4. The van der Waals surface area contributed by atoms with E-state index >= 15 is 0 Å². The van der Waals surface area contributed by atoms with Gasteiger partial charge in [0.25, 0.3) is 0 Å². The van der Waals surface area contributed by atoms with Gasteiger partial charge in [0.1, 0.15) is 0 Å². The average Bonchev–Trinajstić information content (AvgIpc) is 3.68. The van der Waals surface area contributed by atoms with Crippen molar-refractivity contribution in [2.45, 2.75) is 24.7 Å². The third-order valence-corrected chi connectivity index (χ3v) is 12.1. The molecule has 2 aromatic heterocycles. The summed E-state index contributed by atoms with van der Waals surface area (Å²) in [7, 11) is 0. The van der Waals surface area contributed by atoms with E-state index in [0.717, 1.165) is 30.3 Å². The number of aromatic nitrogens is 3. The monoisotopic (exact) mass is 973 g/mol. The summed E-state index contributed by atoms with van der Waals surface area (Å²) in [5.74, 6) is 0.271. The minimum atomic E-state index is -5.21. The molecule has 354 valence electrons. The molecule has 0 N–H and O–H groups in total. The lowest BCUT2D eigenvalue weighted by Crippen LogP contribution is -2.12. The Morgan fingerprint density at radius 3 is 1.35 bits per heavy atom. The molecule has 8 aromatic carbocycles. The molecule has 0 radical (unpaired) electrons. The van der Waals surface area contributed by atoms with E-state index < -0.39 is 52.5 Å². The zero-order chi connectivity index (χ0) is 50.0. The van der Waals surface area contributed by atoms with Crippen molar-refractivity contribution in [1.82, 2.24) is 14.5 Å². The Bertz CT molecular complexity index is 3510. The molecule has 2 heterocycles. The van der Waals surface area contributed by atoms with Crippen LogP contribution < -0.4 is 0 Å². The molecule has 0 bridgehead atoms. The lowest BCUT2D eigenvalue weighted by molar-refractivity contribution is -0.143. The second-order valence-corrected chi connectivity index (χ2v) is 16.6. The quantitative estimate of drug-likeness (QED) is 0.149. The van der Waals surface area contributed by atoms with Crippen LogP contribution in [0.3, 0.4) is 0 Å². The molecule has 0 unspecified atom stereocenters. The van der Waals surface area contributed by atoms with Crippen molar-refractivity contribution in [2.24, 2.45) is 0 Å². The van der Waals surface area contributed by atoms with Gasteiger partial charge in [-0.2, -0.15) is 52.7 Å². The Morgan fingerprint density at radius 1 is 0.310 bits per heavy atom. The van der Waals surface area contributed by atoms with Crippen LogP contribution in [0.1, 0.15) is 22.3 Å². The number of halogens is 12. The van der Waals surface area contributed by atoms with Crippen molar-refractivity contribution in [1.29, 1.82) is 0 Å². The predicted molar refractivity (Wildman–Crippen MR) is 249 cm³/mol. The number of rotatable bonds is 7. The third kappa shape index (κ3) is 8.99. The highest BCUT2D eigenvalue weighted by atomic mass is 19.4. The van der Waals surface area contributed by atoms with Crippen LogP contribution in [0.15, 0.2) is 188 Å². The average molecular weight is 974 g/mol. The van der Waals surface area contributed by atoms with Crippen LogP contribution >= 0.6 is 0 Å². The third-order valence-electron chi connectivity index (χ3n) is 12.1. The summed E-state index contributed by atoms with van der Waals surface area (Å²) in [6, 6.07) is 43.6. The topological polar surface area (TPSA) is 30.7 Å². The first kappa shape index (κ1) is 46.5. The van der Waals surface area contributed by atoms with Crippen LogP contribution in [-0.2, 0) is 24.7 Å². The molecule has 3 nitrogen and oxygen atoms in total. The Balaban J connectivity index is 1.33. The Morgan fingerprint density at radius 2 is 0.789 bits per heavy atom. The van der Waals surface area contributed by atoms with E-state index in [0.29, 0.717) is 33.8 Å². The second kappa shape index (κ2) is 17.3. The number of para-hydroxylation sites is 1. The molecule has 0 aliphatic rings. The van der Waals surface area contributed by atoms with Gasteiger partial charge in [-0.25, -0.2) is 9.97 Å². The number of fused-ring (bicyclic) bond motifs is 3. The van der Waals surface area contributed by atoms with E-state index in [2.05, 4.69) is 0 Å². The van der Waals surface area contributed by atoms with Gasteiger partial charge in [-0.05, 0) is 95.1 Å². The van der Waals surface area contributed by atoms with Crippen LogP contribution in [0, 0.1) is 0 Å². The first-order valence-corrected chi connectivity index (χ1v) is 21.6. The maximum absolute atomic E-state index is 14.6. The normalized spacial score (nSPS) is 12.5. The van der Waals surface area contributed by atoms with Gasteiger partial charge in [0.15, 0.2) is 5.82 Å². The van der Waals surface area contributed by atoms with Gasteiger partial charge < -0.3 is 4.57 Å². The van der Waals surface area contributed by atoms with Crippen LogP contribution in [-0.4, -0.2) is 14.5 Å². The molecule has 0 atom stereocenters. The fourth-order valence-electron chi connectivity index (χ4n) is 8.85. The first-order valence-electron chi connectivity index (χ1n) is 21.6. The van der Waals surface area contributed by atoms with Gasteiger partial charge in [0, 0.05) is 38.6 Å². The largest absolute Gasteiger partial charge is 0.417 e. The maximum atomic E-state index is 14.6. The second-order valence-electron chi connectivity index (χ2n) is 16.6. The number of hydrogen-bond acceptors (Lipinski definition) is 2. The number of nitrogens with zero attached hydrogens (tertiary/aromatic N) is 3. The number of hydrogen-bond donors (Lipinski definition) is 0. The smallest absolute Gasteiger partial charge is 0.308 e. The van der Waals surface area contributed by atoms with E-state index in [1.54, 1.807) is 89.5 Å². The fraction of sp³-hybridized carbons (Fsp3) is 0.0714. The lowest BCUT2D eigenvalue weighted by Gasteiger charge is -2.22. The Hall–Kier alpha value is -8.20. The molecule has 0 aliphatic heterocycles. The summed E-state index contributed by atoms with van der Waals surface area (Å²) >= 11 is 0. The Labute approximate surface area is 395 Å². The summed E-state index contributed by atoms with van der Waals surface area (Å²) < 4.78 is 174. The van der Waals surface area contributed by atoms with Crippen molar-refractivity contribution < 1.29 is 52.7 Å². The summed E-state index contributed by atoms with van der Waals surface area (Å²) in [5, 5.41) is 0.672. The van der Waals surface area contributed by atoms with Crippen LogP contribution in [0.5, 0.6) is 0 Å². The molecular weight excluding hydrogens is 943 g/mol. The van der Waals surface area contributed by atoms with Gasteiger partial charge in [-0.3, -0.25) is 0 Å². The maximum Gasteiger partial charge on any atom is 0.417 e. The van der Waals surface area contributed by atoms with E-state index in [4.69, 9.17) is 9.97 Å². The standard InChI is InChI=1S/C56H31F12N3/c57-53(58,59)38-17-9-15-34(25-38)43-28-37(48-31-47(32-11-3-1-4-12-32)69-52(70-48)33-13-5-2-6-14-33)29-44(35-16-10-18-39(26-35)54(60,61)62)51(43)71-49-20-8-7-19-42(49)45-27-36(21-24-50(45)71)41-23-22-40(55(63,64)65)30-46(41)56(66,67)68/h1-31H. The molecule has 0 aliphatic carbocycles. The van der Waals surface area contributed by atoms with Gasteiger partial charge in [-0.15, -0.1) is 0 Å². The highest BCUT2D eigenvalue weighted by molar-refractivity contribution is 6.12. The molecule has 0 amide bonds. The fourth-order valence-corrected chi connectivity index (χ4v) is 8.85. The summed E-state index contributed by atoms with van der Waals surface area (Å²) in [5.41, 5.74) is -2.62. The minimum Gasteiger partial charge on any atom is -0.308 e. The van der Waals surface area contributed by atoms with Crippen molar-refractivity contribution in [3.05, 3.63) is 210 Å². The van der Waals surface area contributed by atoms with Gasteiger partial charge in [-0.1, -0.05) is 115 Å². The zero-order valence-corrected chi connectivity index (χ0v) is 36.3. The molecule has 0 saturated carbocycles. The molecule has 0 spiro atoms. The molecule has 0 fully saturated rings. The SMILES string of the molecule is FC(F)(F)c1cccc(-c2cc(-c3cc(-c4ccccc4)nc(-c4ccccc4)n3)cc(-c3cccc(C(F)(F)F)c3)c2-n2c3ccccc3c3cc(-c4ccc(C(F)(F)F)cc4C(F)(F)F)ccc32)c1. The highest BCUT2D eigenvalue weighted by Crippen LogP contribution is 2.48. The van der Waals surface area contributed by atoms with E-state index in [1.807, 2.05) is 18.2 Å². The molecule has 15 heteroatoms. The highest BCUT2D eigenvalue weighted by Gasteiger charge is 2.39. The van der Waals surface area contributed by atoms with Crippen molar-refractivity contribution in [2.75, 3.05) is 0 Å². The molecule has 10 aromatic rings. The molecular formula is C56H31F12N3. The van der Waals surface area contributed by atoms with Crippen LogP contribution in [0.4, 0.5) is 52.7 Å². The minimum absolute atomic E-state index is 0.00681. The van der Waals surface area contributed by atoms with Crippen molar-refractivity contribution in [3.8, 4) is 73.0 Å². The molecule has 0 saturated heterocycles. The molecule has 71 heavy (non-hydrogen) atoms. The molecule has 10 rings (SSSR count). The number of benzene rings is 8. The van der Waals surface area contributed by atoms with E-state index in [9.17, 15) is 52.7 Å². The summed E-state index contributed by atoms with van der Waals surface area (Å²) in [6.07, 6.45) is -20.0. The zero-order valence-electron chi connectivity index (χ0n) is 36.3. The van der Waals surface area contributed by atoms with Gasteiger partial charge in [0.05, 0.1) is 50.4 Å².